The Kier molecular flexibility index (Phi) is 7.60. The molecule has 2 aromatic carbocycles. The highest BCUT2D eigenvalue weighted by molar-refractivity contribution is 7.99. The number of nitrogens with zero attached hydrogens (tertiary/aromatic N) is 2. The van der Waals surface area contributed by atoms with Gasteiger partial charge in [0.15, 0.2) is 0 Å². The monoisotopic (exact) mass is 383 g/mol. The summed E-state index contributed by atoms with van der Waals surface area (Å²) in [5, 5.41) is 3.08. The van der Waals surface area contributed by atoms with Gasteiger partial charge in [0.05, 0.1) is 5.56 Å². The molecule has 0 bridgehead atoms. The Bertz CT molecular complexity index is 715. The second-order valence-electron chi connectivity index (χ2n) is 6.70. The summed E-state index contributed by atoms with van der Waals surface area (Å²) >= 11 is 1.72. The lowest BCUT2D eigenvalue weighted by Gasteiger charge is -2.36. The third kappa shape index (κ3) is 5.75. The fraction of sp³-hybridized carbons (Fsp3) is 0.409. The highest BCUT2D eigenvalue weighted by Gasteiger charge is 2.16. The molecule has 0 aromatic heterocycles. The summed E-state index contributed by atoms with van der Waals surface area (Å²) in [7, 11) is 0. The zero-order chi connectivity index (χ0) is 18.9. The number of carbonyl (C=O) groups excluding carboxylic acids is 1. The molecule has 1 heterocycles. The number of thioether (sulfide) groups is 1. The quantitative estimate of drug-likeness (QED) is 0.556. The first-order valence-corrected chi connectivity index (χ1v) is 10.8. The Labute approximate surface area is 166 Å². The van der Waals surface area contributed by atoms with Crippen molar-refractivity contribution in [3.63, 3.8) is 0 Å². The van der Waals surface area contributed by atoms with E-state index in [-0.39, 0.29) is 5.91 Å². The maximum atomic E-state index is 12.4. The first-order valence-electron chi connectivity index (χ1n) is 9.80. The molecular weight excluding hydrogens is 354 g/mol. The minimum absolute atomic E-state index is 0.0421. The number of carbonyl (C=O) groups is 1. The normalized spacial score (nSPS) is 14.9. The van der Waals surface area contributed by atoms with Gasteiger partial charge in [-0.3, -0.25) is 9.69 Å². The van der Waals surface area contributed by atoms with Crippen LogP contribution in [-0.4, -0.2) is 55.8 Å². The molecule has 1 fully saturated rings. The van der Waals surface area contributed by atoms with E-state index in [4.69, 9.17) is 0 Å². The van der Waals surface area contributed by atoms with Crippen LogP contribution in [0.2, 0.25) is 0 Å². The average molecular weight is 384 g/mol. The molecule has 4 nitrogen and oxygen atoms in total. The number of benzene rings is 2. The van der Waals surface area contributed by atoms with Crippen molar-refractivity contribution >= 4 is 23.4 Å². The predicted octanol–water partition coefficient (Wildman–Crippen LogP) is 3.74. The van der Waals surface area contributed by atoms with Crippen LogP contribution in [0.5, 0.6) is 0 Å². The lowest BCUT2D eigenvalue weighted by atomic mass is 10.2. The van der Waals surface area contributed by atoms with Crippen molar-refractivity contribution in [3.8, 4) is 0 Å². The molecule has 0 saturated carbocycles. The molecule has 1 amide bonds. The smallest absolute Gasteiger partial charge is 0.252 e. The fourth-order valence-electron chi connectivity index (χ4n) is 3.40. The Morgan fingerprint density at radius 1 is 1.00 bits per heavy atom. The summed E-state index contributed by atoms with van der Waals surface area (Å²) in [4.78, 5) is 18.4. The molecule has 27 heavy (non-hydrogen) atoms. The second-order valence-corrected chi connectivity index (χ2v) is 8.01. The van der Waals surface area contributed by atoms with Crippen molar-refractivity contribution in [3.05, 3.63) is 60.2 Å². The summed E-state index contributed by atoms with van der Waals surface area (Å²) in [6.07, 6.45) is 0.986. The van der Waals surface area contributed by atoms with Crippen molar-refractivity contribution in [1.29, 1.82) is 0 Å². The van der Waals surface area contributed by atoms with Crippen molar-refractivity contribution in [2.75, 3.05) is 49.9 Å². The van der Waals surface area contributed by atoms with E-state index in [0.29, 0.717) is 0 Å². The van der Waals surface area contributed by atoms with Crippen LogP contribution in [-0.2, 0) is 0 Å². The maximum Gasteiger partial charge on any atom is 0.252 e. The molecule has 144 valence electrons. The lowest BCUT2D eigenvalue weighted by Crippen LogP contribution is -2.47. The minimum Gasteiger partial charge on any atom is -0.369 e. The Morgan fingerprint density at radius 2 is 1.70 bits per heavy atom. The number of para-hydroxylation sites is 1. The maximum absolute atomic E-state index is 12.4. The van der Waals surface area contributed by atoms with Crippen LogP contribution in [0, 0.1) is 0 Å². The van der Waals surface area contributed by atoms with E-state index in [9.17, 15) is 4.79 Å². The number of hydrogen-bond donors (Lipinski definition) is 1. The lowest BCUT2D eigenvalue weighted by molar-refractivity contribution is 0.0948. The molecule has 0 spiro atoms. The molecule has 0 unspecified atom stereocenters. The average Bonchev–Trinajstić information content (AvgIpc) is 2.73. The third-order valence-electron chi connectivity index (χ3n) is 4.86. The highest BCUT2D eigenvalue weighted by Crippen LogP contribution is 2.22. The summed E-state index contributed by atoms with van der Waals surface area (Å²) < 4.78 is 0. The predicted molar refractivity (Wildman–Crippen MR) is 115 cm³/mol. The molecule has 5 heteroatoms. The van der Waals surface area contributed by atoms with Gasteiger partial charge >= 0.3 is 0 Å². The van der Waals surface area contributed by atoms with Crippen molar-refractivity contribution in [2.24, 2.45) is 0 Å². The molecule has 0 radical (unpaired) electrons. The molecule has 3 rings (SSSR count). The molecule has 0 aliphatic carbocycles. The Morgan fingerprint density at radius 3 is 2.44 bits per heavy atom. The molecule has 1 N–H and O–H groups in total. The van der Waals surface area contributed by atoms with E-state index < -0.39 is 0 Å². The van der Waals surface area contributed by atoms with Gasteiger partial charge in [-0.1, -0.05) is 37.3 Å². The summed E-state index contributed by atoms with van der Waals surface area (Å²) in [5.74, 6) is 1.01. The van der Waals surface area contributed by atoms with Crippen LogP contribution in [0.25, 0.3) is 0 Å². The number of hydrogen-bond acceptors (Lipinski definition) is 4. The summed E-state index contributed by atoms with van der Waals surface area (Å²) in [6, 6.07) is 18.5. The van der Waals surface area contributed by atoms with Gasteiger partial charge in [0, 0.05) is 43.3 Å². The van der Waals surface area contributed by atoms with Gasteiger partial charge in [-0.25, -0.2) is 0 Å². The number of nitrogens with one attached hydrogen (secondary N) is 1. The van der Waals surface area contributed by atoms with Gasteiger partial charge in [0.1, 0.15) is 0 Å². The van der Waals surface area contributed by atoms with Crippen LogP contribution in [0.15, 0.2) is 59.5 Å². The van der Waals surface area contributed by atoms with Gasteiger partial charge in [-0.2, -0.15) is 0 Å². The molecule has 2 aromatic rings. The van der Waals surface area contributed by atoms with Crippen LogP contribution >= 0.6 is 11.8 Å². The number of anilines is 1. The largest absolute Gasteiger partial charge is 0.369 e. The standard InChI is InChI=1S/C22H29N3OS/c1-2-27-21-12-7-6-11-20(21)22(26)23-13-8-14-24-15-17-25(18-16-24)19-9-4-3-5-10-19/h3-7,9-12H,2,8,13-18H2,1H3,(H,23,26). The van der Waals surface area contributed by atoms with E-state index in [1.165, 1.54) is 5.69 Å². The van der Waals surface area contributed by atoms with Crippen molar-refractivity contribution < 1.29 is 4.79 Å². The SMILES string of the molecule is CCSc1ccccc1C(=O)NCCCN1CCN(c2ccccc2)CC1. The molecule has 0 atom stereocenters. The molecule has 1 aliphatic rings. The zero-order valence-electron chi connectivity index (χ0n) is 16.1. The van der Waals surface area contributed by atoms with Crippen molar-refractivity contribution in [1.82, 2.24) is 10.2 Å². The van der Waals surface area contributed by atoms with Gasteiger partial charge < -0.3 is 10.2 Å². The van der Waals surface area contributed by atoms with E-state index in [0.717, 1.165) is 61.9 Å². The van der Waals surface area contributed by atoms with E-state index in [1.807, 2.05) is 24.3 Å². The third-order valence-corrected chi connectivity index (χ3v) is 5.82. The Hall–Kier alpha value is -1.98. The fourth-order valence-corrected chi connectivity index (χ4v) is 4.21. The van der Waals surface area contributed by atoms with Gasteiger partial charge in [0.2, 0.25) is 0 Å². The summed E-state index contributed by atoms with van der Waals surface area (Å²) in [5.41, 5.74) is 2.11. The molecule has 1 aliphatic heterocycles. The van der Waals surface area contributed by atoms with Gasteiger partial charge in [0.25, 0.3) is 5.91 Å². The van der Waals surface area contributed by atoms with E-state index in [1.54, 1.807) is 11.8 Å². The topological polar surface area (TPSA) is 35.6 Å². The highest BCUT2D eigenvalue weighted by atomic mass is 32.2. The number of amides is 1. The van der Waals surface area contributed by atoms with Crippen molar-refractivity contribution in [2.45, 2.75) is 18.2 Å². The van der Waals surface area contributed by atoms with Gasteiger partial charge in [-0.05, 0) is 43.0 Å². The number of piperazine rings is 1. The van der Waals surface area contributed by atoms with E-state index in [2.05, 4.69) is 52.4 Å². The Balaban J connectivity index is 1.37. The molecule has 1 saturated heterocycles. The number of rotatable bonds is 8. The summed E-state index contributed by atoms with van der Waals surface area (Å²) in [6.45, 7) is 8.17. The van der Waals surface area contributed by atoms with Gasteiger partial charge in [-0.15, -0.1) is 11.8 Å². The first kappa shape index (κ1) is 19.8. The van der Waals surface area contributed by atoms with E-state index >= 15 is 0 Å². The minimum atomic E-state index is 0.0421. The first-order chi connectivity index (χ1) is 13.3. The molecular formula is C22H29N3OS. The van der Waals surface area contributed by atoms with Crippen LogP contribution in [0.1, 0.15) is 23.7 Å². The van der Waals surface area contributed by atoms with Crippen LogP contribution in [0.3, 0.4) is 0 Å². The zero-order valence-corrected chi connectivity index (χ0v) is 16.9. The van der Waals surface area contributed by atoms with Crippen LogP contribution < -0.4 is 10.2 Å². The second kappa shape index (κ2) is 10.4. The van der Waals surface area contributed by atoms with Crippen LogP contribution in [0.4, 0.5) is 5.69 Å².